The number of aromatic nitrogens is 5. The Morgan fingerprint density at radius 1 is 1.22 bits per heavy atom. The van der Waals surface area contributed by atoms with Crippen molar-refractivity contribution in [1.29, 1.82) is 0 Å². The Balaban J connectivity index is 1.67. The van der Waals surface area contributed by atoms with Crippen molar-refractivity contribution in [2.24, 2.45) is 0 Å². The number of aromatic amines is 1. The molecule has 3 heterocycles. The van der Waals surface area contributed by atoms with Crippen molar-refractivity contribution in [3.63, 3.8) is 0 Å². The molecule has 3 aromatic heterocycles. The molecule has 0 unspecified atom stereocenters. The largest absolute Gasteiger partial charge is 0.349 e. The first-order valence-corrected chi connectivity index (χ1v) is 7.65. The Morgan fingerprint density at radius 2 is 2.13 bits per heavy atom. The van der Waals surface area contributed by atoms with Gasteiger partial charge in [-0.2, -0.15) is 0 Å². The van der Waals surface area contributed by atoms with Crippen LogP contribution in [-0.2, 0) is 13.1 Å². The number of benzene rings is 1. The van der Waals surface area contributed by atoms with Crippen LogP contribution < -0.4 is 5.56 Å². The van der Waals surface area contributed by atoms with Crippen LogP contribution in [-0.4, -0.2) is 24.1 Å². The summed E-state index contributed by atoms with van der Waals surface area (Å²) in [5.74, 6) is 0. The molecule has 4 rings (SSSR count). The summed E-state index contributed by atoms with van der Waals surface area (Å²) < 4.78 is 3.67. The van der Waals surface area contributed by atoms with Gasteiger partial charge in [0.05, 0.1) is 12.7 Å². The van der Waals surface area contributed by atoms with Crippen LogP contribution in [0.4, 0.5) is 0 Å². The Morgan fingerprint density at radius 3 is 2.96 bits per heavy atom. The molecule has 6 nitrogen and oxygen atoms in total. The summed E-state index contributed by atoms with van der Waals surface area (Å²) in [5, 5.41) is 0.994. The number of hydrogen-bond donors (Lipinski definition) is 1. The summed E-state index contributed by atoms with van der Waals surface area (Å²) >= 11 is 0. The van der Waals surface area contributed by atoms with Crippen molar-refractivity contribution in [2.45, 2.75) is 26.4 Å². The van der Waals surface area contributed by atoms with Gasteiger partial charge >= 0.3 is 0 Å². The number of rotatable bonds is 4. The standard InChI is InChI=1S/C17H17N5O/c1-12-3-4-13-14(9-12)20-16-15(13)19-11-22(17(16)23)7-2-6-21-8-5-18-10-21/h3-5,8-11,20H,2,6-7H2,1H3. The second-order valence-electron chi connectivity index (χ2n) is 5.79. The van der Waals surface area contributed by atoms with Crippen molar-refractivity contribution < 1.29 is 0 Å². The molecule has 4 aromatic rings. The molecule has 0 radical (unpaired) electrons. The molecule has 0 atom stereocenters. The lowest BCUT2D eigenvalue weighted by Gasteiger charge is -2.05. The minimum Gasteiger partial charge on any atom is -0.349 e. The fraction of sp³-hybridized carbons (Fsp3) is 0.235. The maximum Gasteiger partial charge on any atom is 0.277 e. The van der Waals surface area contributed by atoms with Crippen molar-refractivity contribution >= 4 is 21.9 Å². The van der Waals surface area contributed by atoms with E-state index in [1.54, 1.807) is 23.4 Å². The molecule has 6 heteroatoms. The Labute approximate surface area is 132 Å². The predicted molar refractivity (Wildman–Crippen MR) is 89.4 cm³/mol. The topological polar surface area (TPSA) is 68.5 Å². The van der Waals surface area contributed by atoms with E-state index in [4.69, 9.17) is 0 Å². The van der Waals surface area contributed by atoms with E-state index >= 15 is 0 Å². The van der Waals surface area contributed by atoms with Crippen molar-refractivity contribution in [2.75, 3.05) is 0 Å². The average molecular weight is 307 g/mol. The van der Waals surface area contributed by atoms with Crippen LogP contribution >= 0.6 is 0 Å². The van der Waals surface area contributed by atoms with Crippen molar-refractivity contribution in [3.8, 4) is 0 Å². The number of fused-ring (bicyclic) bond motifs is 3. The first kappa shape index (κ1) is 13.8. The normalized spacial score (nSPS) is 11.5. The number of imidazole rings is 1. The molecule has 0 spiro atoms. The number of hydrogen-bond acceptors (Lipinski definition) is 3. The van der Waals surface area contributed by atoms with E-state index in [1.165, 1.54) is 0 Å². The van der Waals surface area contributed by atoms with Gasteiger partial charge in [0, 0.05) is 36.4 Å². The highest BCUT2D eigenvalue weighted by Gasteiger charge is 2.10. The lowest BCUT2D eigenvalue weighted by molar-refractivity contribution is 0.550. The van der Waals surface area contributed by atoms with Crippen LogP contribution in [0.2, 0.25) is 0 Å². The third kappa shape index (κ3) is 2.42. The second-order valence-corrected chi connectivity index (χ2v) is 5.79. The first-order chi connectivity index (χ1) is 11.2. The summed E-state index contributed by atoms with van der Waals surface area (Å²) in [4.78, 5) is 24.4. The van der Waals surface area contributed by atoms with Gasteiger partial charge in [-0.1, -0.05) is 12.1 Å². The van der Waals surface area contributed by atoms with Crippen LogP contribution in [0, 0.1) is 6.92 Å². The van der Waals surface area contributed by atoms with Crippen LogP contribution in [0.25, 0.3) is 21.9 Å². The van der Waals surface area contributed by atoms with E-state index in [1.807, 2.05) is 35.9 Å². The molecule has 0 aliphatic heterocycles. The number of nitrogens with zero attached hydrogens (tertiary/aromatic N) is 4. The summed E-state index contributed by atoms with van der Waals surface area (Å²) in [6.45, 7) is 3.50. The minimum atomic E-state index is -0.0190. The molecule has 1 N–H and O–H groups in total. The third-order valence-corrected chi connectivity index (χ3v) is 4.10. The van der Waals surface area contributed by atoms with Gasteiger partial charge in [0.2, 0.25) is 0 Å². The lowest BCUT2D eigenvalue weighted by Crippen LogP contribution is -2.21. The highest BCUT2D eigenvalue weighted by molar-refractivity contribution is 6.04. The summed E-state index contributed by atoms with van der Waals surface area (Å²) in [5.41, 5.74) is 3.42. The summed E-state index contributed by atoms with van der Waals surface area (Å²) in [6.07, 6.45) is 7.95. The van der Waals surface area contributed by atoms with Crippen molar-refractivity contribution in [1.82, 2.24) is 24.1 Å². The monoisotopic (exact) mass is 307 g/mol. The molecule has 116 valence electrons. The summed E-state index contributed by atoms with van der Waals surface area (Å²) in [7, 11) is 0. The van der Waals surface area contributed by atoms with Gasteiger partial charge in [0.15, 0.2) is 0 Å². The maximum atomic E-state index is 12.6. The molecular formula is C17H17N5O. The SMILES string of the molecule is Cc1ccc2c(c1)[nH]c1c(=O)n(CCCn3ccnc3)cnc12. The fourth-order valence-corrected chi connectivity index (χ4v) is 2.91. The average Bonchev–Trinajstić information content (AvgIpc) is 3.17. The van der Waals surface area contributed by atoms with Crippen LogP contribution in [0.15, 0.2) is 48.0 Å². The van der Waals surface area contributed by atoms with E-state index in [2.05, 4.69) is 15.0 Å². The molecule has 0 amide bonds. The van der Waals surface area contributed by atoms with Gasteiger partial charge in [0.25, 0.3) is 5.56 Å². The first-order valence-electron chi connectivity index (χ1n) is 7.65. The molecule has 0 saturated carbocycles. The highest BCUT2D eigenvalue weighted by atomic mass is 16.1. The molecule has 0 fully saturated rings. The van der Waals surface area contributed by atoms with E-state index < -0.39 is 0 Å². The third-order valence-electron chi connectivity index (χ3n) is 4.10. The minimum absolute atomic E-state index is 0.0190. The summed E-state index contributed by atoms with van der Waals surface area (Å²) in [6, 6.07) is 6.09. The van der Waals surface area contributed by atoms with Gasteiger partial charge in [0.1, 0.15) is 11.0 Å². The smallest absolute Gasteiger partial charge is 0.277 e. The second kappa shape index (κ2) is 5.39. The van der Waals surface area contributed by atoms with Gasteiger partial charge in [-0.15, -0.1) is 0 Å². The number of nitrogens with one attached hydrogen (secondary N) is 1. The van der Waals surface area contributed by atoms with E-state index in [-0.39, 0.29) is 5.56 Å². The van der Waals surface area contributed by atoms with Crippen LogP contribution in [0.5, 0.6) is 0 Å². The van der Waals surface area contributed by atoms with Gasteiger partial charge in [-0.25, -0.2) is 9.97 Å². The van der Waals surface area contributed by atoms with Crippen LogP contribution in [0.1, 0.15) is 12.0 Å². The van der Waals surface area contributed by atoms with Crippen LogP contribution in [0.3, 0.4) is 0 Å². The van der Waals surface area contributed by atoms with Gasteiger partial charge in [-0.3, -0.25) is 9.36 Å². The Hall–Kier alpha value is -2.89. The quantitative estimate of drug-likeness (QED) is 0.630. The molecule has 1 aromatic carbocycles. The molecular weight excluding hydrogens is 290 g/mol. The van der Waals surface area contributed by atoms with Gasteiger partial charge < -0.3 is 9.55 Å². The Bertz CT molecular complexity index is 1030. The van der Waals surface area contributed by atoms with Gasteiger partial charge in [-0.05, 0) is 25.0 Å². The molecule has 0 bridgehead atoms. The zero-order valence-corrected chi connectivity index (χ0v) is 12.9. The van der Waals surface area contributed by atoms with E-state index in [0.717, 1.165) is 34.9 Å². The van der Waals surface area contributed by atoms with E-state index in [9.17, 15) is 4.79 Å². The zero-order chi connectivity index (χ0) is 15.8. The highest BCUT2D eigenvalue weighted by Crippen LogP contribution is 2.22. The number of aryl methyl sites for hydroxylation is 3. The predicted octanol–water partition coefficient (Wildman–Crippen LogP) is 2.47. The molecule has 0 aliphatic rings. The Kier molecular flexibility index (Phi) is 3.22. The molecule has 23 heavy (non-hydrogen) atoms. The maximum absolute atomic E-state index is 12.6. The molecule has 0 aliphatic carbocycles. The zero-order valence-electron chi connectivity index (χ0n) is 12.9. The lowest BCUT2D eigenvalue weighted by atomic mass is 10.2. The van der Waals surface area contributed by atoms with Crippen molar-refractivity contribution in [3.05, 3.63) is 59.2 Å². The molecule has 0 saturated heterocycles. The van der Waals surface area contributed by atoms with E-state index in [0.29, 0.717) is 12.1 Å². The number of H-pyrrole nitrogens is 1. The fourth-order valence-electron chi connectivity index (χ4n) is 2.91.